The second kappa shape index (κ2) is 8.21. The van der Waals surface area contributed by atoms with Gasteiger partial charge in [-0.1, -0.05) is 23.4 Å². The standard InChI is InChI=1S/C17H21ClN4O2S/c1-3-22-16(21-8-10-24-11-9-21)19-20-17(22)25-12(2)15(23)13-4-6-14(18)7-5-13/h4-7,12H,3,8-11H2,1-2H3/t12-/m0/s1. The predicted octanol–water partition coefficient (Wildman–Crippen LogP) is 3.15. The Morgan fingerprint density at radius 1 is 1.28 bits per heavy atom. The number of halogens is 1. The Hall–Kier alpha value is -1.57. The molecule has 8 heteroatoms. The van der Waals surface area contributed by atoms with Crippen LogP contribution in [0.1, 0.15) is 24.2 Å². The fourth-order valence-electron chi connectivity index (χ4n) is 2.70. The fraction of sp³-hybridized carbons (Fsp3) is 0.471. The van der Waals surface area contributed by atoms with Gasteiger partial charge in [-0.15, -0.1) is 10.2 Å². The molecule has 1 aromatic carbocycles. The Labute approximate surface area is 156 Å². The van der Waals surface area contributed by atoms with Crippen molar-refractivity contribution in [3.05, 3.63) is 34.9 Å². The Kier molecular flexibility index (Phi) is 5.98. The van der Waals surface area contributed by atoms with Crippen LogP contribution in [-0.2, 0) is 11.3 Å². The van der Waals surface area contributed by atoms with E-state index in [2.05, 4.69) is 26.6 Å². The quantitative estimate of drug-likeness (QED) is 0.566. The molecule has 1 aliphatic heterocycles. The van der Waals surface area contributed by atoms with E-state index in [1.807, 2.05) is 6.92 Å². The van der Waals surface area contributed by atoms with Gasteiger partial charge < -0.3 is 9.64 Å². The molecule has 0 amide bonds. The average Bonchev–Trinajstić information content (AvgIpc) is 3.05. The zero-order valence-electron chi connectivity index (χ0n) is 14.3. The van der Waals surface area contributed by atoms with Crippen molar-refractivity contribution in [1.82, 2.24) is 14.8 Å². The van der Waals surface area contributed by atoms with Crippen LogP contribution >= 0.6 is 23.4 Å². The highest BCUT2D eigenvalue weighted by molar-refractivity contribution is 8.00. The lowest BCUT2D eigenvalue weighted by molar-refractivity contribution is 0.0994. The van der Waals surface area contributed by atoms with E-state index in [0.717, 1.165) is 30.7 Å². The molecule has 0 saturated carbocycles. The number of Topliss-reactive ketones (excluding diaryl/α,β-unsaturated/α-hetero) is 1. The summed E-state index contributed by atoms with van der Waals surface area (Å²) in [5.74, 6) is 0.902. The number of morpholine rings is 1. The van der Waals surface area contributed by atoms with Crippen LogP contribution < -0.4 is 4.90 Å². The highest BCUT2D eigenvalue weighted by atomic mass is 35.5. The highest BCUT2D eigenvalue weighted by Crippen LogP contribution is 2.28. The third kappa shape index (κ3) is 4.16. The zero-order chi connectivity index (χ0) is 17.8. The number of hydrogen-bond acceptors (Lipinski definition) is 6. The number of aromatic nitrogens is 3. The fourth-order valence-corrected chi connectivity index (χ4v) is 3.81. The topological polar surface area (TPSA) is 60.2 Å². The minimum absolute atomic E-state index is 0.0558. The number of benzene rings is 1. The van der Waals surface area contributed by atoms with Gasteiger partial charge in [-0.05, 0) is 38.1 Å². The smallest absolute Gasteiger partial charge is 0.228 e. The second-order valence-corrected chi connectivity index (χ2v) is 7.50. The van der Waals surface area contributed by atoms with Crippen molar-refractivity contribution in [2.75, 3.05) is 31.2 Å². The van der Waals surface area contributed by atoms with Gasteiger partial charge >= 0.3 is 0 Å². The Morgan fingerprint density at radius 3 is 2.60 bits per heavy atom. The van der Waals surface area contributed by atoms with Crippen molar-refractivity contribution in [3.63, 3.8) is 0 Å². The molecule has 0 N–H and O–H groups in total. The zero-order valence-corrected chi connectivity index (χ0v) is 15.9. The van der Waals surface area contributed by atoms with Crippen LogP contribution in [0, 0.1) is 0 Å². The van der Waals surface area contributed by atoms with E-state index < -0.39 is 0 Å². The van der Waals surface area contributed by atoms with Crippen molar-refractivity contribution in [2.45, 2.75) is 30.8 Å². The average molecular weight is 381 g/mol. The lowest BCUT2D eigenvalue weighted by atomic mass is 10.1. The molecule has 2 heterocycles. The molecule has 1 aromatic heterocycles. The molecule has 1 atom stereocenters. The largest absolute Gasteiger partial charge is 0.378 e. The molecule has 0 unspecified atom stereocenters. The lowest BCUT2D eigenvalue weighted by Gasteiger charge is -2.27. The first-order valence-corrected chi connectivity index (χ1v) is 9.58. The number of carbonyl (C=O) groups is 1. The summed E-state index contributed by atoms with van der Waals surface area (Å²) < 4.78 is 7.45. The van der Waals surface area contributed by atoms with Gasteiger partial charge in [0.2, 0.25) is 5.95 Å². The van der Waals surface area contributed by atoms with Crippen LogP contribution in [0.3, 0.4) is 0 Å². The van der Waals surface area contributed by atoms with Crippen LogP contribution in [0.5, 0.6) is 0 Å². The van der Waals surface area contributed by atoms with Crippen LogP contribution in [0.2, 0.25) is 5.02 Å². The van der Waals surface area contributed by atoms with Gasteiger partial charge in [0.15, 0.2) is 10.9 Å². The molecule has 1 fully saturated rings. The molecule has 2 aromatic rings. The first-order valence-electron chi connectivity index (χ1n) is 8.32. The molecule has 134 valence electrons. The molecular weight excluding hydrogens is 360 g/mol. The summed E-state index contributed by atoms with van der Waals surface area (Å²) in [5.41, 5.74) is 0.653. The Bertz CT molecular complexity index is 729. The third-order valence-electron chi connectivity index (χ3n) is 4.09. The summed E-state index contributed by atoms with van der Waals surface area (Å²) in [5, 5.41) is 9.78. The molecule has 1 saturated heterocycles. The van der Waals surface area contributed by atoms with Crippen LogP contribution in [0.25, 0.3) is 0 Å². The van der Waals surface area contributed by atoms with Crippen molar-refractivity contribution in [1.29, 1.82) is 0 Å². The van der Waals surface area contributed by atoms with Crippen molar-refractivity contribution < 1.29 is 9.53 Å². The van der Waals surface area contributed by atoms with E-state index in [1.165, 1.54) is 11.8 Å². The van der Waals surface area contributed by atoms with E-state index in [0.29, 0.717) is 23.8 Å². The minimum atomic E-state index is -0.256. The summed E-state index contributed by atoms with van der Waals surface area (Å²) in [6, 6.07) is 6.98. The van der Waals surface area contributed by atoms with Crippen molar-refractivity contribution in [3.8, 4) is 0 Å². The van der Waals surface area contributed by atoms with E-state index >= 15 is 0 Å². The van der Waals surface area contributed by atoms with Gasteiger partial charge in [0.1, 0.15) is 0 Å². The third-order valence-corrected chi connectivity index (χ3v) is 5.42. The van der Waals surface area contributed by atoms with Crippen LogP contribution in [-0.4, -0.2) is 52.1 Å². The van der Waals surface area contributed by atoms with Gasteiger partial charge in [-0.2, -0.15) is 0 Å². The number of thioether (sulfide) groups is 1. The van der Waals surface area contributed by atoms with E-state index in [4.69, 9.17) is 16.3 Å². The summed E-state index contributed by atoms with van der Waals surface area (Å²) in [6.45, 7) is 7.72. The number of anilines is 1. The maximum atomic E-state index is 12.6. The molecule has 0 bridgehead atoms. The molecule has 1 aliphatic rings. The molecule has 0 radical (unpaired) electrons. The highest BCUT2D eigenvalue weighted by Gasteiger charge is 2.23. The lowest BCUT2D eigenvalue weighted by Crippen LogP contribution is -2.38. The molecular formula is C17H21ClN4O2S. The maximum Gasteiger partial charge on any atom is 0.228 e. The number of nitrogens with zero attached hydrogens (tertiary/aromatic N) is 4. The van der Waals surface area contributed by atoms with Crippen LogP contribution in [0.15, 0.2) is 29.4 Å². The number of carbonyl (C=O) groups excluding carboxylic acids is 1. The SMILES string of the molecule is CCn1c(S[C@@H](C)C(=O)c2ccc(Cl)cc2)nnc1N1CCOCC1. The Morgan fingerprint density at radius 2 is 1.96 bits per heavy atom. The molecule has 0 aliphatic carbocycles. The first-order chi connectivity index (χ1) is 12.1. The van der Waals surface area contributed by atoms with Gasteiger partial charge in [-0.3, -0.25) is 9.36 Å². The summed E-state index contributed by atoms with van der Waals surface area (Å²) in [6.07, 6.45) is 0. The first kappa shape index (κ1) is 18.2. The van der Waals surface area contributed by atoms with Crippen LogP contribution in [0.4, 0.5) is 5.95 Å². The number of hydrogen-bond donors (Lipinski definition) is 0. The summed E-state index contributed by atoms with van der Waals surface area (Å²) in [4.78, 5) is 14.8. The summed E-state index contributed by atoms with van der Waals surface area (Å²) >= 11 is 7.33. The van der Waals surface area contributed by atoms with Gasteiger partial charge in [0, 0.05) is 30.2 Å². The molecule has 3 rings (SSSR count). The number of ether oxygens (including phenoxy) is 1. The van der Waals surface area contributed by atoms with Crippen molar-refractivity contribution in [2.24, 2.45) is 0 Å². The van der Waals surface area contributed by atoms with E-state index in [1.54, 1.807) is 24.3 Å². The molecule has 25 heavy (non-hydrogen) atoms. The van der Waals surface area contributed by atoms with Crippen molar-refractivity contribution >= 4 is 35.1 Å². The molecule has 6 nitrogen and oxygen atoms in total. The monoisotopic (exact) mass is 380 g/mol. The van der Waals surface area contributed by atoms with E-state index in [-0.39, 0.29) is 11.0 Å². The predicted molar refractivity (Wildman–Crippen MR) is 99.8 cm³/mol. The van der Waals surface area contributed by atoms with Gasteiger partial charge in [0.05, 0.1) is 18.5 Å². The van der Waals surface area contributed by atoms with E-state index in [9.17, 15) is 4.79 Å². The maximum absolute atomic E-state index is 12.6. The van der Waals surface area contributed by atoms with Gasteiger partial charge in [0.25, 0.3) is 0 Å². The number of ketones is 1. The molecule has 0 spiro atoms. The second-order valence-electron chi connectivity index (χ2n) is 5.76. The minimum Gasteiger partial charge on any atom is -0.378 e. The summed E-state index contributed by atoms with van der Waals surface area (Å²) in [7, 11) is 0. The number of rotatable bonds is 6. The van der Waals surface area contributed by atoms with Gasteiger partial charge in [-0.25, -0.2) is 0 Å². The Balaban J connectivity index is 1.74. The normalized spacial score (nSPS) is 16.0.